The lowest BCUT2D eigenvalue weighted by Gasteiger charge is -2.34. The Balaban J connectivity index is 0.00000272. The van der Waals surface area contributed by atoms with Crippen LogP contribution in [0.25, 0.3) is 22.3 Å². The first kappa shape index (κ1) is 22.7. The maximum Gasteiger partial charge on any atom is 0.402 e. The van der Waals surface area contributed by atoms with E-state index < -0.39 is 30.4 Å². The monoisotopic (exact) mass is 454 g/mol. The van der Waals surface area contributed by atoms with Gasteiger partial charge < -0.3 is 57.6 Å². The third-order valence-electron chi connectivity index (χ3n) is 4.75. The molecule has 1 unspecified atom stereocenters. The molecule has 0 radical (unpaired) electrons. The van der Waals surface area contributed by atoms with Crippen molar-refractivity contribution < 1.29 is 62.0 Å². The first-order valence-corrected chi connectivity index (χ1v) is 8.92. The molecular formula is C20H19ClO10. The van der Waals surface area contributed by atoms with Gasteiger partial charge in [0.05, 0.1) is 18.2 Å². The maximum absolute atomic E-state index is 10.2. The summed E-state index contributed by atoms with van der Waals surface area (Å²) in [5, 5.41) is 69.1. The molecule has 2 aromatic carbocycles. The summed E-state index contributed by atoms with van der Waals surface area (Å²) in [5.41, 5.74) is 0.346. The fourth-order valence-corrected chi connectivity index (χ4v) is 3.15. The molecule has 0 spiro atoms. The van der Waals surface area contributed by atoms with Crippen LogP contribution in [0.2, 0.25) is 0 Å². The van der Waals surface area contributed by atoms with E-state index in [0.29, 0.717) is 0 Å². The van der Waals surface area contributed by atoms with Gasteiger partial charge in [-0.25, -0.2) is 4.42 Å². The number of hydrogen-bond acceptors (Lipinski definition) is 9. The second-order valence-corrected chi connectivity index (χ2v) is 6.89. The normalized spacial score (nSPS) is 23.3. The van der Waals surface area contributed by atoms with Crippen molar-refractivity contribution in [2.24, 2.45) is 0 Å². The number of rotatable bonds is 3. The van der Waals surface area contributed by atoms with E-state index in [4.69, 9.17) is 13.9 Å². The Morgan fingerprint density at radius 1 is 0.871 bits per heavy atom. The van der Waals surface area contributed by atoms with E-state index in [1.165, 1.54) is 30.3 Å². The van der Waals surface area contributed by atoms with E-state index in [2.05, 4.69) is 0 Å². The molecular weight excluding hydrogens is 436 g/mol. The number of aliphatic hydroxyl groups excluding tert-OH is 3. The van der Waals surface area contributed by atoms with Crippen LogP contribution in [0.3, 0.4) is 0 Å². The number of ether oxygens (including phenoxy) is 2. The van der Waals surface area contributed by atoms with Gasteiger partial charge in [0.15, 0.2) is 11.5 Å². The Hall–Kier alpha value is -3.02. The molecule has 7 N–H and O–H groups in total. The summed E-state index contributed by atoms with van der Waals surface area (Å²) >= 11 is 0. The summed E-state index contributed by atoms with van der Waals surface area (Å²) in [6.07, 6.45) is -5.76. The summed E-state index contributed by atoms with van der Waals surface area (Å²) in [5.74, 6) is -1.37. The Morgan fingerprint density at radius 3 is 2.32 bits per heavy atom. The fourth-order valence-electron chi connectivity index (χ4n) is 3.15. The van der Waals surface area contributed by atoms with Crippen molar-refractivity contribution in [3.8, 4) is 40.1 Å². The highest BCUT2D eigenvalue weighted by Gasteiger charge is 2.40. The quantitative estimate of drug-likeness (QED) is 0.174. The molecule has 4 rings (SSSR count). The zero-order valence-corrected chi connectivity index (χ0v) is 16.5. The minimum absolute atomic E-state index is 0. The van der Waals surface area contributed by atoms with Crippen LogP contribution in [0.15, 0.2) is 40.8 Å². The zero-order valence-electron chi connectivity index (χ0n) is 15.7. The second-order valence-electron chi connectivity index (χ2n) is 6.89. The number of benzene rings is 2. The van der Waals surface area contributed by atoms with Crippen LogP contribution < -0.4 is 17.1 Å². The molecule has 1 aromatic heterocycles. The van der Waals surface area contributed by atoms with Crippen molar-refractivity contribution >= 4 is 11.0 Å². The van der Waals surface area contributed by atoms with Gasteiger partial charge in [0, 0.05) is 18.2 Å². The highest BCUT2D eigenvalue weighted by molar-refractivity contribution is 5.88. The highest BCUT2D eigenvalue weighted by Crippen LogP contribution is 2.41. The first-order valence-electron chi connectivity index (χ1n) is 8.92. The van der Waals surface area contributed by atoms with E-state index in [9.17, 15) is 35.7 Å². The number of aromatic hydroxyl groups is 4. The summed E-state index contributed by atoms with van der Waals surface area (Å²) in [7, 11) is 0. The van der Waals surface area contributed by atoms with Gasteiger partial charge in [-0.1, -0.05) is 0 Å². The third kappa shape index (κ3) is 4.24. The molecule has 11 heteroatoms. The van der Waals surface area contributed by atoms with Crippen molar-refractivity contribution in [1.29, 1.82) is 0 Å². The van der Waals surface area contributed by atoms with E-state index >= 15 is 0 Å². The minimum atomic E-state index is -1.58. The van der Waals surface area contributed by atoms with Gasteiger partial charge in [-0.3, -0.25) is 0 Å². The van der Waals surface area contributed by atoms with Crippen LogP contribution in [-0.4, -0.2) is 67.0 Å². The Bertz CT molecular complexity index is 1110. The SMILES string of the molecule is Oc1cc(O)c2cc(OC3OC[C@H](O)[C@H](O)[C@H]3O)c(-c3ccc(O)c(O)c3)[o+]c2c1.[Cl-]. The number of hydrogen-bond donors (Lipinski definition) is 7. The highest BCUT2D eigenvalue weighted by atomic mass is 35.5. The van der Waals surface area contributed by atoms with Crippen molar-refractivity contribution in [1.82, 2.24) is 0 Å². The number of phenolic OH excluding ortho intramolecular Hbond substituents is 4. The van der Waals surface area contributed by atoms with Crippen LogP contribution in [0.4, 0.5) is 0 Å². The van der Waals surface area contributed by atoms with E-state index in [1.54, 1.807) is 0 Å². The van der Waals surface area contributed by atoms with Gasteiger partial charge in [-0.2, -0.15) is 0 Å². The molecule has 1 aliphatic rings. The fraction of sp³-hybridized carbons (Fsp3) is 0.250. The van der Waals surface area contributed by atoms with Gasteiger partial charge in [-0.05, 0) is 12.1 Å². The molecule has 166 valence electrons. The van der Waals surface area contributed by atoms with Crippen LogP contribution >= 0.6 is 0 Å². The van der Waals surface area contributed by atoms with E-state index in [0.717, 1.165) is 6.07 Å². The van der Waals surface area contributed by atoms with Crippen molar-refractivity contribution in [2.75, 3.05) is 6.61 Å². The molecule has 4 atom stereocenters. The van der Waals surface area contributed by atoms with Crippen LogP contribution in [-0.2, 0) is 4.74 Å². The van der Waals surface area contributed by atoms with Gasteiger partial charge >= 0.3 is 11.3 Å². The molecule has 1 aliphatic heterocycles. The number of fused-ring (bicyclic) bond motifs is 1. The molecule has 2 heterocycles. The molecule has 0 saturated carbocycles. The summed E-state index contributed by atoms with van der Waals surface area (Å²) < 4.78 is 16.7. The largest absolute Gasteiger partial charge is 1.00 e. The predicted octanol–water partition coefficient (Wildman–Crippen LogP) is -1.97. The standard InChI is InChI=1S/C20H18O10.ClH/c21-9-4-12(23)10-6-16(30-20-18(27)17(26)14(25)7-28-20)19(29-15(10)5-9)8-1-2-11(22)13(24)3-8;/h1-6,14,17-18,20,25-27H,7H2,(H3-,21,22,23,24);1H/t14-,17-,18+,20?;/m0./s1. The van der Waals surface area contributed by atoms with Crippen LogP contribution in [0, 0.1) is 0 Å². The average Bonchev–Trinajstić information content (AvgIpc) is 2.70. The van der Waals surface area contributed by atoms with Gasteiger partial charge in [0.1, 0.15) is 35.2 Å². The molecule has 10 nitrogen and oxygen atoms in total. The van der Waals surface area contributed by atoms with Gasteiger partial charge in [0.2, 0.25) is 12.0 Å². The Labute approximate surface area is 181 Å². The lowest BCUT2D eigenvalue weighted by atomic mass is 10.1. The summed E-state index contributed by atoms with van der Waals surface area (Å²) in [4.78, 5) is 0. The van der Waals surface area contributed by atoms with E-state index in [-0.39, 0.29) is 64.3 Å². The van der Waals surface area contributed by atoms with Crippen molar-refractivity contribution in [3.63, 3.8) is 0 Å². The predicted molar refractivity (Wildman–Crippen MR) is 101 cm³/mol. The van der Waals surface area contributed by atoms with Crippen molar-refractivity contribution in [2.45, 2.75) is 24.6 Å². The van der Waals surface area contributed by atoms with Gasteiger partial charge in [-0.15, -0.1) is 0 Å². The third-order valence-corrected chi connectivity index (χ3v) is 4.75. The number of halogens is 1. The molecule has 0 amide bonds. The first-order chi connectivity index (χ1) is 14.2. The molecule has 1 saturated heterocycles. The molecule has 0 aliphatic carbocycles. The Morgan fingerprint density at radius 2 is 1.61 bits per heavy atom. The lowest BCUT2D eigenvalue weighted by molar-refractivity contribution is -0.242. The van der Waals surface area contributed by atoms with Crippen molar-refractivity contribution in [3.05, 3.63) is 36.4 Å². The summed E-state index contributed by atoms with van der Waals surface area (Å²) in [6.45, 7) is -0.290. The van der Waals surface area contributed by atoms with Gasteiger partial charge in [0.25, 0.3) is 0 Å². The van der Waals surface area contributed by atoms with Crippen LogP contribution in [0.1, 0.15) is 0 Å². The topological polar surface area (TPSA) is 171 Å². The number of phenols is 4. The average molecular weight is 455 g/mol. The maximum atomic E-state index is 10.2. The second kappa shape index (κ2) is 8.61. The summed E-state index contributed by atoms with van der Waals surface area (Å²) in [6, 6.07) is 7.56. The Kier molecular flexibility index (Phi) is 6.30. The van der Waals surface area contributed by atoms with Crippen LogP contribution in [0.5, 0.6) is 28.7 Å². The van der Waals surface area contributed by atoms with E-state index in [1.807, 2.05) is 0 Å². The number of aliphatic hydroxyl groups is 3. The lowest BCUT2D eigenvalue weighted by Crippen LogP contribution is -3.00. The molecule has 0 bridgehead atoms. The molecule has 31 heavy (non-hydrogen) atoms. The molecule has 1 fully saturated rings. The smallest absolute Gasteiger partial charge is 0.402 e. The zero-order chi connectivity index (χ0) is 21.6. The molecule has 3 aromatic rings. The minimum Gasteiger partial charge on any atom is -1.00 e.